The van der Waals surface area contributed by atoms with Gasteiger partial charge in [0.05, 0.1) is 24.1 Å². The zero-order valence-electron chi connectivity index (χ0n) is 6.13. The molecule has 52 valence electrons. The highest BCUT2D eigenvalue weighted by Crippen LogP contribution is 1.97. The van der Waals surface area contributed by atoms with Crippen LogP contribution in [0.2, 0.25) is 0 Å². The Kier molecular flexibility index (Phi) is 3.75. The van der Waals surface area contributed by atoms with E-state index in [-0.39, 0.29) is 6.42 Å². The van der Waals surface area contributed by atoms with Gasteiger partial charge in [-0.3, -0.25) is 0 Å². The van der Waals surface area contributed by atoms with E-state index in [2.05, 4.69) is 0 Å². The lowest BCUT2D eigenvalue weighted by Crippen LogP contribution is -2.02. The Morgan fingerprint density at radius 2 is 2.10 bits per heavy atom. The van der Waals surface area contributed by atoms with Gasteiger partial charge in [0.15, 0.2) is 0 Å². The molecule has 10 heavy (non-hydrogen) atoms. The van der Waals surface area contributed by atoms with Crippen molar-refractivity contribution in [2.45, 2.75) is 6.42 Å². The molecular weight excluding hydrogens is 126 g/mol. The highest BCUT2D eigenvalue weighted by Gasteiger charge is 1.92. The monoisotopic (exact) mass is 135 g/mol. The minimum absolute atomic E-state index is 0.189. The number of nitrogens with zero attached hydrogens (tertiary/aromatic N) is 3. The smallest absolute Gasteiger partial charge is 0.0973 e. The van der Waals surface area contributed by atoms with Crippen molar-refractivity contribution in [1.29, 1.82) is 10.5 Å². The molecule has 0 radical (unpaired) electrons. The SMILES string of the molecule is CN(C)/C=C(\C#N)CC#N. The zero-order valence-corrected chi connectivity index (χ0v) is 6.13. The van der Waals surface area contributed by atoms with Crippen molar-refractivity contribution in [2.24, 2.45) is 0 Å². The molecule has 0 bridgehead atoms. The highest BCUT2D eigenvalue weighted by atomic mass is 15.0. The first-order valence-corrected chi connectivity index (χ1v) is 2.85. The van der Waals surface area contributed by atoms with Crippen molar-refractivity contribution in [3.63, 3.8) is 0 Å². The van der Waals surface area contributed by atoms with E-state index in [0.717, 1.165) is 0 Å². The van der Waals surface area contributed by atoms with Gasteiger partial charge in [-0.15, -0.1) is 0 Å². The second-order valence-corrected chi connectivity index (χ2v) is 2.06. The van der Waals surface area contributed by atoms with Gasteiger partial charge in [-0.05, 0) is 0 Å². The van der Waals surface area contributed by atoms with Gasteiger partial charge in [-0.1, -0.05) is 0 Å². The van der Waals surface area contributed by atoms with Crippen molar-refractivity contribution in [1.82, 2.24) is 4.90 Å². The van der Waals surface area contributed by atoms with Crippen LogP contribution >= 0.6 is 0 Å². The molecule has 0 N–H and O–H groups in total. The summed E-state index contributed by atoms with van der Waals surface area (Å²) >= 11 is 0. The molecule has 0 aliphatic carbocycles. The number of nitriles is 2. The van der Waals surface area contributed by atoms with Crippen LogP contribution in [-0.2, 0) is 0 Å². The van der Waals surface area contributed by atoms with Crippen LogP contribution in [0.1, 0.15) is 6.42 Å². The van der Waals surface area contributed by atoms with Crippen LogP contribution < -0.4 is 0 Å². The Morgan fingerprint density at radius 3 is 2.40 bits per heavy atom. The van der Waals surface area contributed by atoms with Crippen LogP contribution in [0.4, 0.5) is 0 Å². The maximum Gasteiger partial charge on any atom is 0.0973 e. The lowest BCUT2D eigenvalue weighted by molar-refractivity contribution is 0.559. The number of hydrogen-bond donors (Lipinski definition) is 0. The summed E-state index contributed by atoms with van der Waals surface area (Å²) in [6, 6.07) is 3.84. The van der Waals surface area contributed by atoms with Crippen LogP contribution in [0.5, 0.6) is 0 Å². The maximum atomic E-state index is 8.41. The molecule has 0 aromatic rings. The third kappa shape index (κ3) is 3.51. The topological polar surface area (TPSA) is 50.8 Å². The van der Waals surface area contributed by atoms with Crippen molar-refractivity contribution in [2.75, 3.05) is 14.1 Å². The molecule has 0 aromatic carbocycles. The Labute approximate surface area is 60.8 Å². The highest BCUT2D eigenvalue weighted by molar-refractivity contribution is 5.23. The number of rotatable bonds is 2. The summed E-state index contributed by atoms with van der Waals surface area (Å²) in [4.78, 5) is 1.75. The van der Waals surface area contributed by atoms with Gasteiger partial charge < -0.3 is 4.90 Å². The first kappa shape index (κ1) is 8.52. The van der Waals surface area contributed by atoms with Crippen LogP contribution in [-0.4, -0.2) is 19.0 Å². The number of allylic oxidation sites excluding steroid dienone is 1. The predicted molar refractivity (Wildman–Crippen MR) is 37.6 cm³/mol. The van der Waals surface area contributed by atoms with Crippen LogP contribution in [0.25, 0.3) is 0 Å². The molecule has 0 fully saturated rings. The molecule has 0 aliphatic heterocycles. The van der Waals surface area contributed by atoms with E-state index in [1.807, 2.05) is 26.2 Å². The summed E-state index contributed by atoms with van der Waals surface area (Å²) in [5, 5.41) is 16.6. The van der Waals surface area contributed by atoms with Crippen LogP contribution in [0, 0.1) is 22.7 Å². The maximum absolute atomic E-state index is 8.41. The molecule has 0 unspecified atom stereocenters. The van der Waals surface area contributed by atoms with E-state index in [1.165, 1.54) is 0 Å². The molecule has 3 heteroatoms. The van der Waals surface area contributed by atoms with Crippen LogP contribution in [0.3, 0.4) is 0 Å². The van der Waals surface area contributed by atoms with Gasteiger partial charge in [0.1, 0.15) is 0 Å². The van der Waals surface area contributed by atoms with Gasteiger partial charge >= 0.3 is 0 Å². The van der Waals surface area contributed by atoms with Gasteiger partial charge in [0, 0.05) is 20.3 Å². The van der Waals surface area contributed by atoms with Gasteiger partial charge in [-0.25, -0.2) is 0 Å². The van der Waals surface area contributed by atoms with E-state index >= 15 is 0 Å². The van der Waals surface area contributed by atoms with Gasteiger partial charge in [0.25, 0.3) is 0 Å². The quantitative estimate of drug-likeness (QED) is 0.528. The lowest BCUT2D eigenvalue weighted by Gasteiger charge is -2.03. The molecule has 0 amide bonds. The van der Waals surface area contributed by atoms with Gasteiger partial charge in [0.2, 0.25) is 0 Å². The summed E-state index contributed by atoms with van der Waals surface area (Å²) in [5.74, 6) is 0. The fourth-order valence-electron chi connectivity index (χ4n) is 0.511. The Morgan fingerprint density at radius 1 is 1.50 bits per heavy atom. The Hall–Kier alpha value is -1.48. The van der Waals surface area contributed by atoms with E-state index in [4.69, 9.17) is 10.5 Å². The van der Waals surface area contributed by atoms with Crippen molar-refractivity contribution >= 4 is 0 Å². The third-order valence-electron chi connectivity index (χ3n) is 0.827. The second-order valence-electron chi connectivity index (χ2n) is 2.06. The fourth-order valence-corrected chi connectivity index (χ4v) is 0.511. The zero-order chi connectivity index (χ0) is 7.98. The van der Waals surface area contributed by atoms with Crippen molar-refractivity contribution in [3.05, 3.63) is 11.8 Å². The van der Waals surface area contributed by atoms with E-state index < -0.39 is 0 Å². The first-order valence-electron chi connectivity index (χ1n) is 2.85. The van der Waals surface area contributed by atoms with Crippen molar-refractivity contribution in [3.8, 4) is 12.1 Å². The molecule has 0 saturated heterocycles. The predicted octanol–water partition coefficient (Wildman–Crippen LogP) is 0.869. The molecule has 0 rings (SSSR count). The van der Waals surface area contributed by atoms with Crippen LogP contribution in [0.15, 0.2) is 11.8 Å². The minimum atomic E-state index is 0.189. The third-order valence-corrected chi connectivity index (χ3v) is 0.827. The molecule has 0 saturated carbocycles. The summed E-state index contributed by atoms with van der Waals surface area (Å²) in [7, 11) is 3.63. The molecule has 0 aromatic heterocycles. The minimum Gasteiger partial charge on any atom is -0.383 e. The summed E-state index contributed by atoms with van der Waals surface area (Å²) in [5.41, 5.74) is 0.493. The molecule has 0 atom stereocenters. The Bertz CT molecular complexity index is 202. The number of hydrogen-bond acceptors (Lipinski definition) is 3. The van der Waals surface area contributed by atoms with E-state index in [9.17, 15) is 0 Å². The first-order chi connectivity index (χ1) is 4.70. The van der Waals surface area contributed by atoms with Gasteiger partial charge in [-0.2, -0.15) is 10.5 Å². The normalized spacial score (nSPS) is 9.80. The second kappa shape index (κ2) is 4.40. The summed E-state index contributed by atoms with van der Waals surface area (Å²) in [6.07, 6.45) is 1.83. The average Bonchev–Trinajstić information content (AvgIpc) is 1.86. The van der Waals surface area contributed by atoms with Crippen molar-refractivity contribution < 1.29 is 0 Å². The van der Waals surface area contributed by atoms with E-state index in [1.54, 1.807) is 11.1 Å². The lowest BCUT2D eigenvalue weighted by atomic mass is 10.2. The largest absolute Gasteiger partial charge is 0.383 e. The molecular formula is C7H9N3. The average molecular weight is 135 g/mol. The summed E-state index contributed by atoms with van der Waals surface area (Å²) < 4.78 is 0. The standard InChI is InChI=1S/C7H9N3/c1-10(2)6-7(5-9)3-4-8/h6H,3H2,1-2H3/b7-6-. The molecule has 3 nitrogen and oxygen atoms in total. The van der Waals surface area contributed by atoms with E-state index in [0.29, 0.717) is 5.57 Å². The Balaban J connectivity index is 4.11. The molecule has 0 spiro atoms. The molecule has 0 heterocycles. The fraction of sp³-hybridized carbons (Fsp3) is 0.429. The summed E-state index contributed by atoms with van der Waals surface area (Å²) in [6.45, 7) is 0. The molecule has 0 aliphatic rings.